The molecule has 0 spiro atoms. The fourth-order valence-electron chi connectivity index (χ4n) is 1.64. The Labute approximate surface area is 112 Å². The summed E-state index contributed by atoms with van der Waals surface area (Å²) in [6, 6.07) is 4.66. The Morgan fingerprint density at radius 3 is 2.63 bits per heavy atom. The first-order chi connectivity index (χ1) is 8.90. The Hall–Kier alpha value is -2.04. The van der Waals surface area contributed by atoms with Crippen LogP contribution in [-0.2, 0) is 4.79 Å². The molecule has 0 heterocycles. The number of nitrogens with one attached hydrogen (secondary N) is 1. The first-order valence-electron chi connectivity index (χ1n) is 6.19. The van der Waals surface area contributed by atoms with Crippen molar-refractivity contribution in [2.24, 2.45) is 5.92 Å². The van der Waals surface area contributed by atoms with E-state index in [4.69, 9.17) is 5.11 Å². The second-order valence-corrected chi connectivity index (χ2v) is 4.75. The molecule has 3 N–H and O–H groups in total. The molecular formula is C14H19NO4. The number of aryl methyl sites for hydroxylation is 1. The van der Waals surface area contributed by atoms with Crippen molar-refractivity contribution >= 4 is 11.9 Å². The zero-order chi connectivity index (χ0) is 14.4. The Balaban J connectivity index is 2.46. The van der Waals surface area contributed by atoms with Crippen LogP contribution in [0.15, 0.2) is 18.2 Å². The van der Waals surface area contributed by atoms with Crippen LogP contribution in [0.2, 0.25) is 0 Å². The molecule has 1 aromatic rings. The fourth-order valence-corrected chi connectivity index (χ4v) is 1.64. The lowest BCUT2D eigenvalue weighted by Crippen LogP contribution is -2.28. The quantitative estimate of drug-likeness (QED) is 0.733. The molecule has 0 radical (unpaired) electrons. The molecule has 0 saturated heterocycles. The highest BCUT2D eigenvalue weighted by atomic mass is 16.4. The first kappa shape index (κ1) is 15.0. The highest BCUT2D eigenvalue weighted by Crippen LogP contribution is 2.16. The summed E-state index contributed by atoms with van der Waals surface area (Å²) in [5.41, 5.74) is 1.13. The van der Waals surface area contributed by atoms with Crippen LogP contribution in [0.5, 0.6) is 5.75 Å². The van der Waals surface area contributed by atoms with Gasteiger partial charge in [-0.25, -0.2) is 0 Å². The number of carbonyl (C=O) groups excluding carboxylic acids is 1. The van der Waals surface area contributed by atoms with Crippen molar-refractivity contribution in [3.05, 3.63) is 29.3 Å². The lowest BCUT2D eigenvalue weighted by Gasteiger charge is -2.12. The number of amides is 1. The van der Waals surface area contributed by atoms with Gasteiger partial charge in [0.25, 0.3) is 5.91 Å². The fraction of sp³-hybridized carbons (Fsp3) is 0.429. The summed E-state index contributed by atoms with van der Waals surface area (Å²) in [5, 5.41) is 20.7. The van der Waals surface area contributed by atoms with Crippen molar-refractivity contribution in [1.82, 2.24) is 5.32 Å². The summed E-state index contributed by atoms with van der Waals surface area (Å²) in [4.78, 5) is 22.3. The molecule has 19 heavy (non-hydrogen) atoms. The third-order valence-electron chi connectivity index (χ3n) is 2.92. The highest BCUT2D eigenvalue weighted by Gasteiger charge is 2.10. The minimum Gasteiger partial charge on any atom is -0.508 e. The zero-order valence-corrected chi connectivity index (χ0v) is 11.1. The van der Waals surface area contributed by atoms with Crippen LogP contribution in [-0.4, -0.2) is 28.6 Å². The minimum atomic E-state index is -0.827. The second-order valence-electron chi connectivity index (χ2n) is 4.75. The third-order valence-corrected chi connectivity index (χ3v) is 2.92. The topological polar surface area (TPSA) is 86.6 Å². The van der Waals surface area contributed by atoms with Crippen LogP contribution in [0.3, 0.4) is 0 Å². The molecule has 1 atom stereocenters. The maximum Gasteiger partial charge on any atom is 0.303 e. The van der Waals surface area contributed by atoms with Crippen LogP contribution in [0.4, 0.5) is 0 Å². The third kappa shape index (κ3) is 4.99. The summed E-state index contributed by atoms with van der Waals surface area (Å²) in [6.45, 7) is 4.05. The van der Waals surface area contributed by atoms with Gasteiger partial charge in [-0.3, -0.25) is 9.59 Å². The van der Waals surface area contributed by atoms with Gasteiger partial charge < -0.3 is 15.5 Å². The zero-order valence-electron chi connectivity index (χ0n) is 11.1. The van der Waals surface area contributed by atoms with Gasteiger partial charge in [-0.1, -0.05) is 6.92 Å². The average molecular weight is 265 g/mol. The molecule has 0 bridgehead atoms. The van der Waals surface area contributed by atoms with E-state index in [1.807, 2.05) is 6.92 Å². The number of rotatable bonds is 6. The van der Waals surface area contributed by atoms with Gasteiger partial charge in [0.05, 0.1) is 0 Å². The van der Waals surface area contributed by atoms with Gasteiger partial charge in [0.15, 0.2) is 0 Å². The summed E-state index contributed by atoms with van der Waals surface area (Å²) in [6.07, 6.45) is 0.638. The molecule has 0 aliphatic carbocycles. The highest BCUT2D eigenvalue weighted by molar-refractivity contribution is 5.94. The number of aromatic hydroxyl groups is 1. The molecule has 1 rings (SSSR count). The first-order valence-corrected chi connectivity index (χ1v) is 6.19. The van der Waals surface area contributed by atoms with E-state index >= 15 is 0 Å². The number of carboxylic acids is 1. The van der Waals surface area contributed by atoms with Gasteiger partial charge in [0.2, 0.25) is 0 Å². The number of hydrogen-bond acceptors (Lipinski definition) is 3. The molecular weight excluding hydrogens is 246 g/mol. The molecule has 1 aromatic carbocycles. The number of hydrogen-bond donors (Lipinski definition) is 3. The van der Waals surface area contributed by atoms with Gasteiger partial charge in [-0.15, -0.1) is 0 Å². The van der Waals surface area contributed by atoms with Gasteiger partial charge in [-0.2, -0.15) is 0 Å². The van der Waals surface area contributed by atoms with Crippen LogP contribution in [0.1, 0.15) is 35.7 Å². The molecule has 1 amide bonds. The number of carboxylic acid groups (broad SMARTS) is 1. The molecule has 5 heteroatoms. The van der Waals surface area contributed by atoms with Gasteiger partial charge in [-0.05, 0) is 43.0 Å². The van der Waals surface area contributed by atoms with Crippen molar-refractivity contribution in [2.75, 3.05) is 6.54 Å². The number of benzene rings is 1. The van der Waals surface area contributed by atoms with Crippen LogP contribution in [0.25, 0.3) is 0 Å². The monoisotopic (exact) mass is 265 g/mol. The normalized spacial score (nSPS) is 11.9. The van der Waals surface area contributed by atoms with E-state index in [2.05, 4.69) is 5.32 Å². The smallest absolute Gasteiger partial charge is 0.303 e. The van der Waals surface area contributed by atoms with Crippen LogP contribution < -0.4 is 5.32 Å². The van der Waals surface area contributed by atoms with Crippen molar-refractivity contribution in [2.45, 2.75) is 26.7 Å². The number of carbonyl (C=O) groups is 2. The minimum absolute atomic E-state index is 0.107. The van der Waals surface area contributed by atoms with E-state index < -0.39 is 5.97 Å². The Morgan fingerprint density at radius 1 is 1.37 bits per heavy atom. The number of phenols is 1. The lowest BCUT2D eigenvalue weighted by atomic mass is 10.1. The molecule has 1 unspecified atom stereocenters. The Bertz CT molecular complexity index is 471. The summed E-state index contributed by atoms with van der Waals surface area (Å²) < 4.78 is 0. The summed E-state index contributed by atoms with van der Waals surface area (Å²) in [7, 11) is 0. The number of phenolic OH excluding ortho intramolecular Hbond substituents is 1. The van der Waals surface area contributed by atoms with E-state index in [0.717, 1.165) is 0 Å². The molecule has 0 aliphatic rings. The van der Waals surface area contributed by atoms with E-state index in [0.29, 0.717) is 24.1 Å². The maximum atomic E-state index is 11.8. The van der Waals surface area contributed by atoms with E-state index in [9.17, 15) is 14.7 Å². The summed E-state index contributed by atoms with van der Waals surface area (Å²) >= 11 is 0. The molecule has 0 fully saturated rings. The van der Waals surface area contributed by atoms with Crippen LogP contribution in [0, 0.1) is 12.8 Å². The van der Waals surface area contributed by atoms with Crippen LogP contribution >= 0.6 is 0 Å². The molecule has 0 saturated carbocycles. The molecule has 5 nitrogen and oxygen atoms in total. The average Bonchev–Trinajstić information content (AvgIpc) is 2.36. The van der Waals surface area contributed by atoms with E-state index in [-0.39, 0.29) is 24.0 Å². The molecule has 0 aromatic heterocycles. The van der Waals surface area contributed by atoms with E-state index in [1.54, 1.807) is 19.1 Å². The van der Waals surface area contributed by atoms with Crippen molar-refractivity contribution < 1.29 is 19.8 Å². The predicted octanol–water partition coefficient (Wildman–Crippen LogP) is 1.93. The van der Waals surface area contributed by atoms with Gasteiger partial charge in [0.1, 0.15) is 5.75 Å². The summed E-state index contributed by atoms with van der Waals surface area (Å²) in [5.74, 6) is -0.776. The Kier molecular flexibility index (Phi) is 5.36. The Morgan fingerprint density at radius 2 is 2.05 bits per heavy atom. The largest absolute Gasteiger partial charge is 0.508 e. The molecule has 0 aliphatic heterocycles. The second kappa shape index (κ2) is 6.78. The predicted molar refractivity (Wildman–Crippen MR) is 71.2 cm³/mol. The maximum absolute atomic E-state index is 11.8. The lowest BCUT2D eigenvalue weighted by molar-refractivity contribution is -0.137. The van der Waals surface area contributed by atoms with Gasteiger partial charge in [0, 0.05) is 18.5 Å². The van der Waals surface area contributed by atoms with Crippen molar-refractivity contribution in [3.63, 3.8) is 0 Å². The molecule has 104 valence electrons. The van der Waals surface area contributed by atoms with Crippen molar-refractivity contribution in [1.29, 1.82) is 0 Å². The van der Waals surface area contributed by atoms with Gasteiger partial charge >= 0.3 is 5.97 Å². The standard InChI is InChI=1S/C14H19NO4/c1-9(3-6-13(17)18)8-15-14(19)11-4-5-12(16)10(2)7-11/h4-5,7,9,16H,3,6,8H2,1-2H3,(H,15,19)(H,17,18). The SMILES string of the molecule is Cc1cc(C(=O)NCC(C)CCC(=O)O)ccc1O. The number of aliphatic carboxylic acids is 1. The van der Waals surface area contributed by atoms with E-state index in [1.165, 1.54) is 6.07 Å². The van der Waals surface area contributed by atoms with Crippen molar-refractivity contribution in [3.8, 4) is 5.75 Å².